The zero-order chi connectivity index (χ0) is 16.2. The molecule has 1 aliphatic heterocycles. The van der Waals surface area contributed by atoms with Crippen molar-refractivity contribution in [1.29, 1.82) is 0 Å². The first kappa shape index (κ1) is 13.7. The average Bonchev–Trinajstić information content (AvgIpc) is 2.94. The fourth-order valence-electron chi connectivity index (χ4n) is 3.72. The van der Waals surface area contributed by atoms with Crippen LogP contribution < -0.4 is 11.1 Å². The number of aromatic nitrogens is 1. The van der Waals surface area contributed by atoms with Crippen molar-refractivity contribution in [2.24, 2.45) is 5.73 Å². The number of hydrogen-bond acceptors (Lipinski definition) is 5. The Labute approximate surface area is 131 Å². The lowest BCUT2D eigenvalue weighted by atomic mass is 9.78. The summed E-state index contributed by atoms with van der Waals surface area (Å²) in [6.07, 6.45) is 6.30. The third-order valence-corrected chi connectivity index (χ3v) is 4.82. The molecule has 0 fully saturated rings. The quantitative estimate of drug-likeness (QED) is 0.606. The number of nitro groups is 1. The smallest absolute Gasteiger partial charge is 0.288 e. The Bertz CT molecular complexity index is 853. The van der Waals surface area contributed by atoms with Crippen molar-refractivity contribution >= 4 is 11.7 Å². The topological polar surface area (TPSA) is 111 Å². The van der Waals surface area contributed by atoms with Crippen molar-refractivity contribution in [3.8, 4) is 0 Å². The predicted octanol–water partition coefficient (Wildman–Crippen LogP) is 1.77. The second-order valence-corrected chi connectivity index (χ2v) is 6.07. The van der Waals surface area contributed by atoms with Crippen LogP contribution in [0.4, 0.5) is 5.82 Å². The van der Waals surface area contributed by atoms with Crippen LogP contribution >= 0.6 is 0 Å². The Morgan fingerprint density at radius 2 is 2.22 bits per heavy atom. The van der Waals surface area contributed by atoms with E-state index in [1.54, 1.807) is 12.3 Å². The van der Waals surface area contributed by atoms with Gasteiger partial charge in [0.25, 0.3) is 5.70 Å². The Balaban J connectivity index is 1.74. The van der Waals surface area contributed by atoms with Gasteiger partial charge in [-0.15, -0.1) is 0 Å². The molecule has 1 spiro atoms. The highest BCUT2D eigenvalue weighted by molar-refractivity contribution is 6.06. The van der Waals surface area contributed by atoms with Gasteiger partial charge in [-0.05, 0) is 43.1 Å². The van der Waals surface area contributed by atoms with Gasteiger partial charge in [0.05, 0.1) is 10.3 Å². The number of carbonyl (C=O) groups is 1. The molecule has 2 aliphatic carbocycles. The number of hydrogen-bond donors (Lipinski definition) is 2. The lowest BCUT2D eigenvalue weighted by molar-refractivity contribution is -0.421. The number of anilines is 1. The van der Waals surface area contributed by atoms with E-state index in [9.17, 15) is 14.9 Å². The molecule has 1 unspecified atom stereocenters. The number of pyridine rings is 1. The van der Waals surface area contributed by atoms with Gasteiger partial charge < -0.3 is 11.1 Å². The highest BCUT2D eigenvalue weighted by atomic mass is 16.6. The molecule has 1 atom stereocenters. The maximum absolute atomic E-state index is 12.6. The SMILES string of the molecule is NC1=CC2=C(CC=C1[N+](=O)[O-])CC1(C2)C(=O)Nc2ncccc21. The van der Waals surface area contributed by atoms with Gasteiger partial charge in [0.15, 0.2) is 0 Å². The first-order valence-electron chi connectivity index (χ1n) is 7.31. The third-order valence-electron chi connectivity index (χ3n) is 4.82. The van der Waals surface area contributed by atoms with E-state index in [2.05, 4.69) is 10.3 Å². The number of nitrogens with one attached hydrogen (secondary N) is 1. The molecule has 1 aromatic rings. The van der Waals surface area contributed by atoms with Crippen molar-refractivity contribution in [3.05, 3.63) is 68.7 Å². The highest BCUT2D eigenvalue weighted by Crippen LogP contribution is 2.52. The number of fused-ring (bicyclic) bond motifs is 2. The van der Waals surface area contributed by atoms with Crippen LogP contribution in [0.2, 0.25) is 0 Å². The molecule has 3 aliphatic rings. The van der Waals surface area contributed by atoms with Crippen molar-refractivity contribution < 1.29 is 9.72 Å². The van der Waals surface area contributed by atoms with Crippen molar-refractivity contribution in [1.82, 2.24) is 4.98 Å². The largest absolute Gasteiger partial charge is 0.393 e. The minimum absolute atomic E-state index is 0.0635. The van der Waals surface area contributed by atoms with Gasteiger partial charge in [0, 0.05) is 11.8 Å². The standard InChI is InChI=1S/C16H14N4O3/c17-12-6-10-8-16(7-9(10)3-4-13(12)20(22)23)11-2-1-5-18-14(11)19-15(16)21/h1-2,4-6H,3,7-8,17H2,(H,18,19,21). The summed E-state index contributed by atoms with van der Waals surface area (Å²) in [5.41, 5.74) is 8.11. The lowest BCUT2D eigenvalue weighted by Gasteiger charge is -2.21. The predicted molar refractivity (Wildman–Crippen MR) is 82.8 cm³/mol. The fraction of sp³-hybridized carbons (Fsp3) is 0.250. The van der Waals surface area contributed by atoms with E-state index in [0.717, 1.165) is 16.7 Å². The van der Waals surface area contributed by atoms with Crippen molar-refractivity contribution in [2.45, 2.75) is 24.7 Å². The molecule has 4 rings (SSSR count). The Hall–Kier alpha value is -2.96. The summed E-state index contributed by atoms with van der Waals surface area (Å²) in [6, 6.07) is 3.73. The molecular weight excluding hydrogens is 296 g/mol. The van der Waals surface area contributed by atoms with Gasteiger partial charge in [-0.1, -0.05) is 11.6 Å². The van der Waals surface area contributed by atoms with Crippen molar-refractivity contribution in [2.75, 3.05) is 5.32 Å². The molecule has 0 radical (unpaired) electrons. The normalized spacial score (nSPS) is 25.5. The summed E-state index contributed by atoms with van der Waals surface area (Å²) in [5.74, 6) is 0.540. The second kappa shape index (κ2) is 4.52. The van der Waals surface area contributed by atoms with Gasteiger partial charge >= 0.3 is 0 Å². The summed E-state index contributed by atoms with van der Waals surface area (Å²) in [4.78, 5) is 27.4. The minimum atomic E-state index is -0.662. The van der Waals surface area contributed by atoms with Gasteiger partial charge in [-0.2, -0.15) is 0 Å². The van der Waals surface area contributed by atoms with Crippen LogP contribution in [0.3, 0.4) is 0 Å². The van der Waals surface area contributed by atoms with E-state index in [0.29, 0.717) is 25.1 Å². The van der Waals surface area contributed by atoms with Gasteiger partial charge in [-0.3, -0.25) is 14.9 Å². The molecule has 116 valence electrons. The van der Waals surface area contributed by atoms with Crippen LogP contribution in [0.25, 0.3) is 0 Å². The Kier molecular flexibility index (Phi) is 2.69. The van der Waals surface area contributed by atoms with Crippen LogP contribution in [-0.2, 0) is 10.2 Å². The highest BCUT2D eigenvalue weighted by Gasteiger charge is 2.51. The summed E-state index contributed by atoms with van der Waals surface area (Å²) >= 11 is 0. The Morgan fingerprint density at radius 3 is 3.00 bits per heavy atom. The zero-order valence-electron chi connectivity index (χ0n) is 12.2. The zero-order valence-corrected chi connectivity index (χ0v) is 12.2. The van der Waals surface area contributed by atoms with E-state index in [4.69, 9.17) is 5.73 Å². The van der Waals surface area contributed by atoms with E-state index in [1.807, 2.05) is 12.1 Å². The second-order valence-electron chi connectivity index (χ2n) is 6.07. The fourth-order valence-corrected chi connectivity index (χ4v) is 3.72. The molecule has 23 heavy (non-hydrogen) atoms. The van der Waals surface area contributed by atoms with E-state index >= 15 is 0 Å². The first-order valence-corrected chi connectivity index (χ1v) is 7.31. The molecule has 7 nitrogen and oxygen atoms in total. The first-order chi connectivity index (χ1) is 11.0. The monoisotopic (exact) mass is 310 g/mol. The number of carbonyl (C=O) groups excluding carboxylic acids is 1. The van der Waals surface area contributed by atoms with E-state index in [1.165, 1.54) is 6.08 Å². The molecule has 7 heteroatoms. The summed E-state index contributed by atoms with van der Waals surface area (Å²) in [7, 11) is 0. The molecule has 0 saturated carbocycles. The van der Waals surface area contributed by atoms with Crippen LogP contribution in [0.5, 0.6) is 0 Å². The molecule has 1 aromatic heterocycles. The van der Waals surface area contributed by atoms with Crippen LogP contribution in [0.1, 0.15) is 24.8 Å². The summed E-state index contributed by atoms with van der Waals surface area (Å²) in [5, 5.41) is 13.9. The Morgan fingerprint density at radius 1 is 1.39 bits per heavy atom. The molecule has 3 N–H and O–H groups in total. The third kappa shape index (κ3) is 1.82. The number of nitrogens with two attached hydrogens (primary N) is 1. The van der Waals surface area contributed by atoms with Crippen molar-refractivity contribution in [3.63, 3.8) is 0 Å². The van der Waals surface area contributed by atoms with Crippen LogP contribution in [0, 0.1) is 10.1 Å². The number of allylic oxidation sites excluding steroid dienone is 4. The van der Waals surface area contributed by atoms with E-state index in [-0.39, 0.29) is 17.3 Å². The van der Waals surface area contributed by atoms with E-state index < -0.39 is 10.3 Å². The number of rotatable bonds is 1. The number of amides is 1. The van der Waals surface area contributed by atoms with Gasteiger partial charge in [-0.25, -0.2) is 4.98 Å². The van der Waals surface area contributed by atoms with Gasteiger partial charge in [0.2, 0.25) is 5.91 Å². The molecule has 2 heterocycles. The minimum Gasteiger partial charge on any atom is -0.393 e. The maximum Gasteiger partial charge on any atom is 0.288 e. The van der Waals surface area contributed by atoms with Crippen LogP contribution in [0.15, 0.2) is 53.0 Å². The summed E-state index contributed by atoms with van der Waals surface area (Å²) in [6.45, 7) is 0. The molecule has 1 amide bonds. The van der Waals surface area contributed by atoms with Crippen LogP contribution in [-0.4, -0.2) is 15.8 Å². The number of nitrogens with zero attached hydrogens (tertiary/aromatic N) is 2. The molecule has 0 saturated heterocycles. The van der Waals surface area contributed by atoms with Gasteiger partial charge in [0.1, 0.15) is 11.5 Å². The average molecular weight is 310 g/mol. The molecule has 0 aromatic carbocycles. The lowest BCUT2D eigenvalue weighted by Crippen LogP contribution is -2.32. The summed E-state index contributed by atoms with van der Waals surface area (Å²) < 4.78 is 0. The maximum atomic E-state index is 12.6. The molecule has 0 bridgehead atoms. The molecular formula is C16H14N4O3.